The molecule has 1 aromatic heterocycles. The number of aryl methyl sites for hydroxylation is 2. The fraction of sp³-hybridized carbons (Fsp3) is 0.583. The Morgan fingerprint density at radius 2 is 2.21 bits per heavy atom. The lowest BCUT2D eigenvalue weighted by Crippen LogP contribution is -2.39. The van der Waals surface area contributed by atoms with Gasteiger partial charge >= 0.3 is 11.8 Å². The molecule has 1 atom stereocenters. The minimum absolute atomic E-state index is 0.0288. The summed E-state index contributed by atoms with van der Waals surface area (Å²) in [7, 11) is 0. The minimum Gasteiger partial charge on any atom is -0.376 e. The second kappa shape index (κ2) is 6.12. The molecule has 19 heavy (non-hydrogen) atoms. The maximum absolute atomic E-state index is 11.6. The van der Waals surface area contributed by atoms with Crippen LogP contribution in [-0.4, -0.2) is 36.1 Å². The zero-order chi connectivity index (χ0) is 13.8. The fourth-order valence-electron chi connectivity index (χ4n) is 1.77. The Hall–Kier alpha value is -1.47. The highest BCUT2D eigenvalue weighted by Gasteiger charge is 2.20. The molecule has 7 heteroatoms. The average Bonchev–Trinajstić information content (AvgIpc) is 2.97. The molecule has 0 radical (unpaired) electrons. The van der Waals surface area contributed by atoms with Crippen LogP contribution in [0, 0.1) is 13.8 Å². The second-order valence-electron chi connectivity index (χ2n) is 4.46. The zero-order valence-electron chi connectivity index (χ0n) is 11.0. The highest BCUT2D eigenvalue weighted by molar-refractivity contribution is 7.15. The van der Waals surface area contributed by atoms with Gasteiger partial charge in [-0.1, -0.05) is 0 Å². The third kappa shape index (κ3) is 3.74. The molecular formula is C12H17N3O3S. The van der Waals surface area contributed by atoms with Gasteiger partial charge in [0.1, 0.15) is 0 Å². The van der Waals surface area contributed by atoms with Crippen LogP contribution in [0.3, 0.4) is 0 Å². The Kier molecular flexibility index (Phi) is 4.49. The topological polar surface area (TPSA) is 80.3 Å². The van der Waals surface area contributed by atoms with Gasteiger partial charge in [0.15, 0.2) is 5.13 Å². The van der Waals surface area contributed by atoms with Gasteiger partial charge in [-0.25, -0.2) is 4.98 Å². The summed E-state index contributed by atoms with van der Waals surface area (Å²) in [6, 6.07) is 0. The van der Waals surface area contributed by atoms with E-state index in [1.807, 2.05) is 13.8 Å². The van der Waals surface area contributed by atoms with Crippen molar-refractivity contribution in [3.63, 3.8) is 0 Å². The van der Waals surface area contributed by atoms with Gasteiger partial charge < -0.3 is 10.1 Å². The van der Waals surface area contributed by atoms with Crippen LogP contribution >= 0.6 is 11.3 Å². The number of amides is 2. The van der Waals surface area contributed by atoms with Crippen LogP contribution in [0.4, 0.5) is 5.13 Å². The first-order valence-corrected chi connectivity index (χ1v) is 7.02. The quantitative estimate of drug-likeness (QED) is 0.811. The third-order valence-electron chi connectivity index (χ3n) is 2.97. The number of nitrogens with zero attached hydrogens (tertiary/aromatic N) is 1. The van der Waals surface area contributed by atoms with Crippen LogP contribution in [0.15, 0.2) is 0 Å². The molecule has 0 bridgehead atoms. The van der Waals surface area contributed by atoms with Gasteiger partial charge in [-0.3, -0.25) is 14.9 Å². The van der Waals surface area contributed by atoms with Crippen molar-refractivity contribution in [2.45, 2.75) is 32.8 Å². The van der Waals surface area contributed by atoms with E-state index < -0.39 is 11.8 Å². The highest BCUT2D eigenvalue weighted by Crippen LogP contribution is 2.20. The number of aromatic nitrogens is 1. The van der Waals surface area contributed by atoms with E-state index in [0.717, 1.165) is 30.0 Å². The van der Waals surface area contributed by atoms with Gasteiger partial charge in [0.2, 0.25) is 0 Å². The first-order valence-electron chi connectivity index (χ1n) is 6.21. The number of anilines is 1. The molecule has 1 fully saturated rings. The van der Waals surface area contributed by atoms with Gasteiger partial charge in [-0.2, -0.15) is 0 Å². The molecule has 104 valence electrons. The van der Waals surface area contributed by atoms with Crippen molar-refractivity contribution in [1.29, 1.82) is 0 Å². The van der Waals surface area contributed by atoms with Crippen LogP contribution in [-0.2, 0) is 14.3 Å². The summed E-state index contributed by atoms with van der Waals surface area (Å²) in [5, 5.41) is 5.51. The van der Waals surface area contributed by atoms with Crippen LogP contribution in [0.2, 0.25) is 0 Å². The summed E-state index contributed by atoms with van der Waals surface area (Å²) in [5.74, 6) is -1.34. The molecule has 2 amide bonds. The number of rotatable bonds is 3. The first-order chi connectivity index (χ1) is 9.06. The summed E-state index contributed by atoms with van der Waals surface area (Å²) in [6.45, 7) is 4.88. The van der Waals surface area contributed by atoms with E-state index in [2.05, 4.69) is 15.6 Å². The molecule has 1 aliphatic rings. The van der Waals surface area contributed by atoms with Crippen molar-refractivity contribution in [2.24, 2.45) is 0 Å². The zero-order valence-corrected chi connectivity index (χ0v) is 11.8. The van der Waals surface area contributed by atoms with Crippen LogP contribution in [0.5, 0.6) is 0 Å². The number of nitrogens with one attached hydrogen (secondary N) is 2. The Bertz CT molecular complexity index is 461. The number of thiazole rings is 1. The van der Waals surface area contributed by atoms with E-state index in [9.17, 15) is 9.59 Å². The molecule has 6 nitrogen and oxygen atoms in total. The predicted octanol–water partition coefficient (Wildman–Crippen LogP) is 0.994. The van der Waals surface area contributed by atoms with E-state index in [-0.39, 0.29) is 6.10 Å². The molecule has 1 unspecified atom stereocenters. The van der Waals surface area contributed by atoms with Gasteiger partial charge in [0, 0.05) is 18.0 Å². The summed E-state index contributed by atoms with van der Waals surface area (Å²) in [5.41, 5.74) is 0.861. The molecule has 2 rings (SSSR count). The van der Waals surface area contributed by atoms with Crippen molar-refractivity contribution in [1.82, 2.24) is 10.3 Å². The molecule has 1 aromatic rings. The number of hydrogen-bond acceptors (Lipinski definition) is 5. The van der Waals surface area contributed by atoms with E-state index in [0.29, 0.717) is 11.7 Å². The standard InChI is InChI=1S/C12H17N3O3S/c1-7-8(2)19-12(14-7)15-11(17)10(16)13-6-9-4-3-5-18-9/h9H,3-6H2,1-2H3,(H,13,16)(H,14,15,17). The van der Waals surface area contributed by atoms with Crippen molar-refractivity contribution in [3.8, 4) is 0 Å². The van der Waals surface area contributed by atoms with Crippen molar-refractivity contribution in [2.75, 3.05) is 18.5 Å². The van der Waals surface area contributed by atoms with E-state index in [1.165, 1.54) is 11.3 Å². The van der Waals surface area contributed by atoms with E-state index in [4.69, 9.17) is 4.74 Å². The van der Waals surface area contributed by atoms with E-state index in [1.54, 1.807) is 0 Å². The lowest BCUT2D eigenvalue weighted by atomic mass is 10.2. The summed E-state index contributed by atoms with van der Waals surface area (Å²) >= 11 is 1.36. The molecule has 2 heterocycles. The van der Waals surface area contributed by atoms with E-state index >= 15 is 0 Å². The SMILES string of the molecule is Cc1nc(NC(=O)C(=O)NCC2CCCO2)sc1C. The normalized spacial score (nSPS) is 18.3. The molecule has 0 aromatic carbocycles. The van der Waals surface area contributed by atoms with Crippen LogP contribution in [0.25, 0.3) is 0 Å². The number of carbonyl (C=O) groups excluding carboxylic acids is 2. The maximum atomic E-state index is 11.6. The molecule has 1 aliphatic heterocycles. The van der Waals surface area contributed by atoms with Crippen LogP contribution < -0.4 is 10.6 Å². The fourth-order valence-corrected chi connectivity index (χ4v) is 2.58. The Morgan fingerprint density at radius 3 is 2.79 bits per heavy atom. The monoisotopic (exact) mass is 283 g/mol. The molecule has 1 saturated heterocycles. The highest BCUT2D eigenvalue weighted by atomic mass is 32.1. The Morgan fingerprint density at radius 1 is 1.42 bits per heavy atom. The van der Waals surface area contributed by atoms with Gasteiger partial charge in [0.25, 0.3) is 0 Å². The van der Waals surface area contributed by atoms with Gasteiger partial charge in [-0.15, -0.1) is 11.3 Å². The lowest BCUT2D eigenvalue weighted by molar-refractivity contribution is -0.136. The van der Waals surface area contributed by atoms with Crippen molar-refractivity contribution in [3.05, 3.63) is 10.6 Å². The molecule has 0 spiro atoms. The minimum atomic E-state index is -0.688. The van der Waals surface area contributed by atoms with Gasteiger partial charge in [-0.05, 0) is 26.7 Å². The number of carbonyl (C=O) groups is 2. The number of hydrogen-bond donors (Lipinski definition) is 2. The largest absolute Gasteiger partial charge is 0.376 e. The van der Waals surface area contributed by atoms with Crippen molar-refractivity contribution < 1.29 is 14.3 Å². The molecule has 0 aliphatic carbocycles. The maximum Gasteiger partial charge on any atom is 0.315 e. The predicted molar refractivity (Wildman–Crippen MR) is 72.2 cm³/mol. The van der Waals surface area contributed by atoms with Gasteiger partial charge in [0.05, 0.1) is 11.8 Å². The average molecular weight is 283 g/mol. The smallest absolute Gasteiger partial charge is 0.315 e. The Labute approximate surface area is 115 Å². The van der Waals surface area contributed by atoms with Crippen LogP contribution in [0.1, 0.15) is 23.4 Å². The second-order valence-corrected chi connectivity index (χ2v) is 5.66. The molecule has 2 N–H and O–H groups in total. The lowest BCUT2D eigenvalue weighted by Gasteiger charge is -2.09. The number of ether oxygens (including phenoxy) is 1. The molecule has 0 saturated carbocycles. The first kappa shape index (κ1) is 14.0. The molecular weight excluding hydrogens is 266 g/mol. The third-order valence-corrected chi connectivity index (χ3v) is 3.96. The Balaban J connectivity index is 1.80. The summed E-state index contributed by atoms with van der Waals surface area (Å²) in [4.78, 5) is 28.4. The summed E-state index contributed by atoms with van der Waals surface area (Å²) < 4.78 is 5.36. The van der Waals surface area contributed by atoms with Crippen molar-refractivity contribution >= 4 is 28.3 Å². The summed E-state index contributed by atoms with van der Waals surface area (Å²) in [6.07, 6.45) is 1.96.